The van der Waals surface area contributed by atoms with Gasteiger partial charge in [0, 0.05) is 25.6 Å². The van der Waals surface area contributed by atoms with Gasteiger partial charge in [-0.3, -0.25) is 0 Å². The van der Waals surface area contributed by atoms with Gasteiger partial charge in [-0.05, 0) is 54.2 Å². The molecular weight excluding hydrogens is 406 g/mol. The molecule has 0 radical (unpaired) electrons. The van der Waals surface area contributed by atoms with E-state index in [9.17, 15) is 0 Å². The lowest BCUT2D eigenvalue weighted by Gasteiger charge is -2.21. The topological polar surface area (TPSA) is 65.9 Å². The molecule has 1 unspecified atom stereocenters. The van der Waals surface area contributed by atoms with Crippen LogP contribution in [0.2, 0.25) is 0 Å². The molecule has 3 heterocycles. The van der Waals surface area contributed by atoms with Crippen LogP contribution in [0.25, 0.3) is 10.9 Å². The van der Waals surface area contributed by atoms with Gasteiger partial charge in [0.2, 0.25) is 5.88 Å². The smallest absolute Gasteiger partial charge is 0.224 e. The first-order chi connectivity index (χ1) is 15.8. The lowest BCUT2D eigenvalue weighted by atomic mass is 10.1. The van der Waals surface area contributed by atoms with Gasteiger partial charge in [0.15, 0.2) is 11.5 Å². The molecule has 3 aliphatic rings. The van der Waals surface area contributed by atoms with Gasteiger partial charge in [0.25, 0.3) is 0 Å². The lowest BCUT2D eigenvalue weighted by molar-refractivity contribution is 0.171. The first-order valence-corrected chi connectivity index (χ1v) is 11.3. The molecule has 1 saturated heterocycles. The fourth-order valence-corrected chi connectivity index (χ4v) is 5.13. The fraction of sp³-hybridized carbons (Fsp3) is 0.440. The standard InChI is InChI=1S/C25H27N3O4/c1-29-17-3-4-22-18(11-17)25(27-15-26-22)32-14-21-19-12-28(13-20(19)21)7-6-16-2-5-23-24(10-16)31-9-8-30-23/h2-5,10-11,15,19-21H,6-9,12-14H2,1H3/t19-,20+,21?. The van der Waals surface area contributed by atoms with Gasteiger partial charge >= 0.3 is 0 Å². The SMILES string of the molecule is COc1ccc2ncnc(OCC3[C@H]4CN(CCc5ccc6c(c5)OCCO6)C[C@@H]34)c2c1. The highest BCUT2D eigenvalue weighted by Gasteiger charge is 2.55. The number of benzene rings is 2. The summed E-state index contributed by atoms with van der Waals surface area (Å²) >= 11 is 0. The highest BCUT2D eigenvalue weighted by atomic mass is 16.6. The average Bonchev–Trinajstić information content (AvgIpc) is 3.29. The van der Waals surface area contributed by atoms with Crippen molar-refractivity contribution in [3.63, 3.8) is 0 Å². The molecule has 166 valence electrons. The third kappa shape index (κ3) is 3.71. The quantitative estimate of drug-likeness (QED) is 0.567. The molecule has 1 saturated carbocycles. The second kappa shape index (κ2) is 8.13. The van der Waals surface area contributed by atoms with Crippen LogP contribution in [-0.4, -0.2) is 61.4 Å². The van der Waals surface area contributed by atoms with Gasteiger partial charge in [-0.1, -0.05) is 6.07 Å². The van der Waals surface area contributed by atoms with E-state index in [0.717, 1.165) is 66.0 Å². The van der Waals surface area contributed by atoms with Crippen LogP contribution in [0.1, 0.15) is 5.56 Å². The highest BCUT2D eigenvalue weighted by molar-refractivity contribution is 5.84. The van der Waals surface area contributed by atoms with Crippen LogP contribution in [-0.2, 0) is 6.42 Å². The first kappa shape index (κ1) is 19.6. The molecule has 1 aliphatic carbocycles. The van der Waals surface area contributed by atoms with Gasteiger partial charge < -0.3 is 23.8 Å². The summed E-state index contributed by atoms with van der Waals surface area (Å²) in [5.41, 5.74) is 2.18. The van der Waals surface area contributed by atoms with Crippen LogP contribution in [0.15, 0.2) is 42.7 Å². The number of nitrogens with zero attached hydrogens (tertiary/aromatic N) is 3. The van der Waals surface area contributed by atoms with Crippen molar-refractivity contribution in [1.29, 1.82) is 0 Å². The van der Waals surface area contributed by atoms with Crippen LogP contribution >= 0.6 is 0 Å². The maximum absolute atomic E-state index is 6.15. The molecule has 0 spiro atoms. The Bertz CT molecular complexity index is 1130. The molecule has 0 N–H and O–H groups in total. The average molecular weight is 434 g/mol. The Morgan fingerprint density at radius 3 is 2.69 bits per heavy atom. The van der Waals surface area contributed by atoms with Crippen molar-refractivity contribution in [3.05, 3.63) is 48.3 Å². The Hall–Kier alpha value is -3.06. The number of hydrogen-bond donors (Lipinski definition) is 0. The molecule has 7 heteroatoms. The number of methoxy groups -OCH3 is 1. The summed E-state index contributed by atoms with van der Waals surface area (Å²) < 4.78 is 22.8. The summed E-state index contributed by atoms with van der Waals surface area (Å²) in [6.45, 7) is 5.37. The Balaban J connectivity index is 1.01. The zero-order valence-corrected chi connectivity index (χ0v) is 18.2. The molecular formula is C25H27N3O4. The molecule has 2 aliphatic heterocycles. The molecule has 32 heavy (non-hydrogen) atoms. The predicted molar refractivity (Wildman–Crippen MR) is 120 cm³/mol. The Morgan fingerprint density at radius 1 is 1.00 bits per heavy atom. The summed E-state index contributed by atoms with van der Waals surface area (Å²) in [6, 6.07) is 12.1. The van der Waals surface area contributed by atoms with E-state index in [0.29, 0.717) is 31.6 Å². The molecule has 3 atom stereocenters. The second-order valence-electron chi connectivity index (χ2n) is 8.85. The lowest BCUT2D eigenvalue weighted by Crippen LogP contribution is -2.28. The summed E-state index contributed by atoms with van der Waals surface area (Å²) in [4.78, 5) is 11.3. The number of fused-ring (bicyclic) bond motifs is 3. The zero-order chi connectivity index (χ0) is 21.5. The monoisotopic (exact) mass is 433 g/mol. The largest absolute Gasteiger partial charge is 0.497 e. The molecule has 7 nitrogen and oxygen atoms in total. The summed E-state index contributed by atoms with van der Waals surface area (Å²) in [5, 5.41) is 0.902. The third-order valence-electron chi connectivity index (χ3n) is 6.99. The fourth-order valence-electron chi connectivity index (χ4n) is 5.13. The Labute approximate surface area is 187 Å². The van der Waals surface area contributed by atoms with Crippen molar-refractivity contribution in [2.45, 2.75) is 6.42 Å². The number of rotatable bonds is 7. The van der Waals surface area contributed by atoms with Crippen molar-refractivity contribution in [3.8, 4) is 23.1 Å². The van der Waals surface area contributed by atoms with Crippen LogP contribution in [0.5, 0.6) is 23.1 Å². The molecule has 2 fully saturated rings. The number of likely N-dealkylation sites (tertiary alicyclic amines) is 1. The van der Waals surface area contributed by atoms with Crippen LogP contribution in [0, 0.1) is 17.8 Å². The predicted octanol–water partition coefficient (Wildman–Crippen LogP) is 3.21. The van der Waals surface area contributed by atoms with E-state index in [-0.39, 0.29) is 0 Å². The van der Waals surface area contributed by atoms with E-state index >= 15 is 0 Å². The summed E-state index contributed by atoms with van der Waals surface area (Å²) in [5.74, 6) is 5.26. The zero-order valence-electron chi connectivity index (χ0n) is 18.2. The van der Waals surface area contributed by atoms with Crippen molar-refractivity contribution < 1.29 is 18.9 Å². The number of aromatic nitrogens is 2. The molecule has 2 aromatic carbocycles. The second-order valence-corrected chi connectivity index (χ2v) is 8.85. The minimum atomic E-state index is 0.621. The van der Waals surface area contributed by atoms with Crippen molar-refractivity contribution in [1.82, 2.24) is 14.9 Å². The molecule has 1 aromatic heterocycles. The van der Waals surface area contributed by atoms with Crippen LogP contribution in [0.4, 0.5) is 0 Å². The van der Waals surface area contributed by atoms with Gasteiger partial charge in [-0.15, -0.1) is 0 Å². The maximum Gasteiger partial charge on any atom is 0.224 e. The Morgan fingerprint density at radius 2 is 1.84 bits per heavy atom. The minimum Gasteiger partial charge on any atom is -0.497 e. The van der Waals surface area contributed by atoms with E-state index in [2.05, 4.69) is 27.0 Å². The molecule has 0 amide bonds. The van der Waals surface area contributed by atoms with E-state index in [4.69, 9.17) is 18.9 Å². The van der Waals surface area contributed by atoms with Gasteiger partial charge in [0.05, 0.1) is 24.6 Å². The van der Waals surface area contributed by atoms with Crippen LogP contribution < -0.4 is 18.9 Å². The number of hydrogen-bond acceptors (Lipinski definition) is 7. The maximum atomic E-state index is 6.15. The van der Waals surface area contributed by atoms with E-state index < -0.39 is 0 Å². The number of piperidine rings is 1. The van der Waals surface area contributed by atoms with E-state index in [1.807, 2.05) is 24.3 Å². The number of ether oxygens (including phenoxy) is 4. The van der Waals surface area contributed by atoms with Crippen LogP contribution in [0.3, 0.4) is 0 Å². The first-order valence-electron chi connectivity index (χ1n) is 11.3. The van der Waals surface area contributed by atoms with Crippen molar-refractivity contribution in [2.75, 3.05) is 46.6 Å². The minimum absolute atomic E-state index is 0.621. The van der Waals surface area contributed by atoms with Crippen molar-refractivity contribution >= 4 is 10.9 Å². The van der Waals surface area contributed by atoms with Crippen molar-refractivity contribution in [2.24, 2.45) is 17.8 Å². The van der Waals surface area contributed by atoms with Gasteiger partial charge in [-0.25, -0.2) is 9.97 Å². The Kier molecular flexibility index (Phi) is 4.98. The molecule has 3 aromatic rings. The summed E-state index contributed by atoms with van der Waals surface area (Å²) in [7, 11) is 1.66. The molecule has 0 bridgehead atoms. The summed E-state index contributed by atoms with van der Waals surface area (Å²) in [6.07, 6.45) is 2.60. The molecule has 6 rings (SSSR count). The normalized spacial score (nSPS) is 23.7. The van der Waals surface area contributed by atoms with E-state index in [1.165, 1.54) is 5.56 Å². The van der Waals surface area contributed by atoms with Gasteiger partial charge in [-0.2, -0.15) is 0 Å². The van der Waals surface area contributed by atoms with Gasteiger partial charge in [0.1, 0.15) is 25.3 Å². The highest BCUT2D eigenvalue weighted by Crippen LogP contribution is 2.51. The van der Waals surface area contributed by atoms with E-state index in [1.54, 1.807) is 13.4 Å². The third-order valence-corrected chi connectivity index (χ3v) is 6.99.